The van der Waals surface area contributed by atoms with Crippen LogP contribution in [-0.2, 0) is 10.0 Å². The van der Waals surface area contributed by atoms with E-state index in [9.17, 15) is 18.0 Å². The fraction of sp³-hybridized carbons (Fsp3) is 0.229. The van der Waals surface area contributed by atoms with Crippen LogP contribution in [0.15, 0.2) is 108 Å². The van der Waals surface area contributed by atoms with Crippen LogP contribution in [0.1, 0.15) is 71.1 Å². The lowest BCUT2D eigenvalue weighted by Crippen LogP contribution is -2.33. The number of hydrogen-bond donors (Lipinski definition) is 4. The highest BCUT2D eigenvalue weighted by molar-refractivity contribution is 7.92. The van der Waals surface area contributed by atoms with Gasteiger partial charge in [-0.2, -0.15) is 5.21 Å². The van der Waals surface area contributed by atoms with Crippen molar-refractivity contribution < 1.29 is 18.0 Å². The Kier molecular flexibility index (Phi) is 9.76. The number of hydrogen-bond acceptors (Lipinski definition) is 7. The predicted octanol–water partition coefficient (Wildman–Crippen LogP) is 6.24. The number of H-pyrrole nitrogens is 1. The molecule has 1 aromatic heterocycles. The van der Waals surface area contributed by atoms with Crippen LogP contribution in [0.5, 0.6) is 0 Å². The molecule has 1 saturated carbocycles. The Balaban J connectivity index is 1.22. The van der Waals surface area contributed by atoms with Crippen molar-refractivity contribution in [2.45, 2.75) is 49.0 Å². The Hall–Kier alpha value is -5.56. The Morgan fingerprint density at radius 1 is 0.833 bits per heavy atom. The van der Waals surface area contributed by atoms with E-state index >= 15 is 0 Å². The number of tetrazole rings is 1. The molecule has 48 heavy (non-hydrogen) atoms. The summed E-state index contributed by atoms with van der Waals surface area (Å²) in [7, 11) is -2.40. The third-order valence-electron chi connectivity index (χ3n) is 8.57. The molecule has 246 valence electrons. The van der Waals surface area contributed by atoms with Crippen molar-refractivity contribution in [3.63, 3.8) is 0 Å². The maximum Gasteiger partial charge on any atom is 0.319 e. The van der Waals surface area contributed by atoms with Gasteiger partial charge in [-0.05, 0) is 83.1 Å². The number of carbonyl (C=O) groups excluding carboxylic acids is 2. The molecule has 1 atom stereocenters. The fourth-order valence-electron chi connectivity index (χ4n) is 5.94. The summed E-state index contributed by atoms with van der Waals surface area (Å²) in [5.74, 6) is 0.181. The van der Waals surface area contributed by atoms with Crippen LogP contribution in [-0.4, -0.2) is 48.0 Å². The third-order valence-corrected chi connectivity index (χ3v) is 10.4. The fourth-order valence-corrected chi connectivity index (χ4v) is 7.18. The predicted molar refractivity (Wildman–Crippen MR) is 183 cm³/mol. The number of carbonyl (C=O) groups is 2. The van der Waals surface area contributed by atoms with E-state index in [1.807, 2.05) is 18.2 Å². The second-order valence-electron chi connectivity index (χ2n) is 11.7. The lowest BCUT2D eigenvalue weighted by molar-refractivity contribution is 0.102. The maximum atomic E-state index is 13.5. The lowest BCUT2D eigenvalue weighted by atomic mass is 9.83. The van der Waals surface area contributed by atoms with Crippen LogP contribution < -0.4 is 20.3 Å². The minimum Gasteiger partial charge on any atom is -0.327 e. The molecule has 0 spiro atoms. The first-order valence-corrected chi connectivity index (χ1v) is 17.2. The number of aromatic nitrogens is 4. The average molecular weight is 665 g/mol. The van der Waals surface area contributed by atoms with E-state index in [-0.39, 0.29) is 10.8 Å². The monoisotopic (exact) mass is 664 g/mol. The standard InChI is InChI=1S/C35H36N8O4S/c1-43(30-12-6-3-7-13-30)48(46,47)31-14-8-11-29(23-31)36-35(45)37-32(26-17-15-25(16-18-26)24-9-4-2-5-10-24)27-19-21-28(22-20-27)33(44)38-34-39-41-42-40-34/h3,6-8,11-24,32H,2,4-5,9-10H2,1H3,(H2,36,37,45)(H2,38,39,40,41,42,44). The molecule has 13 heteroatoms. The van der Waals surface area contributed by atoms with E-state index in [0.29, 0.717) is 22.9 Å². The van der Waals surface area contributed by atoms with E-state index in [1.165, 1.54) is 61.2 Å². The number of aromatic amines is 1. The van der Waals surface area contributed by atoms with Gasteiger partial charge < -0.3 is 10.6 Å². The second kappa shape index (κ2) is 14.5. The van der Waals surface area contributed by atoms with Crippen LogP contribution in [0, 0.1) is 0 Å². The summed E-state index contributed by atoms with van der Waals surface area (Å²) in [6.45, 7) is 0. The lowest BCUT2D eigenvalue weighted by Gasteiger charge is -2.24. The molecule has 1 heterocycles. The molecule has 5 aromatic rings. The molecule has 1 fully saturated rings. The zero-order valence-corrected chi connectivity index (χ0v) is 27.2. The van der Waals surface area contributed by atoms with Gasteiger partial charge in [0, 0.05) is 18.3 Å². The summed E-state index contributed by atoms with van der Waals surface area (Å²) < 4.78 is 28.0. The first-order valence-electron chi connectivity index (χ1n) is 15.7. The molecule has 1 aliphatic rings. The summed E-state index contributed by atoms with van der Waals surface area (Å²) in [6.07, 6.45) is 6.08. The molecule has 0 radical (unpaired) electrons. The maximum absolute atomic E-state index is 13.5. The van der Waals surface area contributed by atoms with E-state index in [0.717, 1.165) is 11.1 Å². The Bertz CT molecular complexity index is 1950. The van der Waals surface area contributed by atoms with Crippen LogP contribution in [0.25, 0.3) is 0 Å². The molecular formula is C35H36N8O4S. The summed E-state index contributed by atoms with van der Waals surface area (Å²) in [6, 6.07) is 29.0. The zero-order chi connectivity index (χ0) is 33.5. The van der Waals surface area contributed by atoms with Gasteiger partial charge in [0.25, 0.3) is 21.9 Å². The van der Waals surface area contributed by atoms with Crippen LogP contribution in [0.3, 0.4) is 0 Å². The molecule has 0 aliphatic heterocycles. The highest BCUT2D eigenvalue weighted by atomic mass is 32.2. The number of para-hydroxylation sites is 1. The smallest absolute Gasteiger partial charge is 0.319 e. The van der Waals surface area contributed by atoms with Crippen molar-refractivity contribution in [1.29, 1.82) is 0 Å². The molecule has 0 saturated heterocycles. The minimum absolute atomic E-state index is 0.0381. The first kappa shape index (κ1) is 32.4. The van der Waals surface area contributed by atoms with E-state index < -0.39 is 28.0 Å². The first-order chi connectivity index (χ1) is 23.3. The largest absolute Gasteiger partial charge is 0.327 e. The molecule has 1 unspecified atom stereocenters. The number of urea groups is 1. The zero-order valence-electron chi connectivity index (χ0n) is 26.3. The SMILES string of the molecule is CN(c1ccccc1)S(=O)(=O)c1cccc(NC(=O)NC(c2ccc(C(=O)Nc3nn[nH]n3)cc2)c2ccc(C3CCCCC3)cc2)c1. The normalized spacial score (nSPS) is 14.1. The number of amides is 3. The topological polar surface area (TPSA) is 162 Å². The highest BCUT2D eigenvalue weighted by Gasteiger charge is 2.23. The van der Waals surface area contributed by atoms with Crippen LogP contribution in [0.2, 0.25) is 0 Å². The number of benzene rings is 4. The Labute approximate surface area is 279 Å². The van der Waals surface area contributed by atoms with Crippen molar-refractivity contribution in [1.82, 2.24) is 25.9 Å². The summed E-state index contributed by atoms with van der Waals surface area (Å²) in [5, 5.41) is 21.6. The molecule has 0 bridgehead atoms. The minimum atomic E-state index is -3.88. The van der Waals surface area contributed by atoms with Gasteiger partial charge in [-0.15, -0.1) is 5.10 Å². The number of nitrogens with zero attached hydrogens (tertiary/aromatic N) is 4. The van der Waals surface area contributed by atoms with Crippen LogP contribution in [0.4, 0.5) is 22.1 Å². The number of sulfonamides is 1. The van der Waals surface area contributed by atoms with Gasteiger partial charge in [-0.1, -0.05) is 85.0 Å². The van der Waals surface area contributed by atoms with Crippen LogP contribution >= 0.6 is 0 Å². The molecule has 12 nitrogen and oxygen atoms in total. The van der Waals surface area contributed by atoms with Gasteiger partial charge in [-0.25, -0.2) is 13.2 Å². The molecular weight excluding hydrogens is 629 g/mol. The van der Waals surface area contributed by atoms with Gasteiger partial charge in [-0.3, -0.25) is 14.4 Å². The van der Waals surface area contributed by atoms with Crippen molar-refractivity contribution in [3.05, 3.63) is 125 Å². The number of anilines is 3. The molecule has 4 N–H and O–H groups in total. The average Bonchev–Trinajstić information content (AvgIpc) is 3.64. The molecule has 3 amide bonds. The van der Waals surface area contributed by atoms with Gasteiger partial charge in [0.2, 0.25) is 0 Å². The van der Waals surface area contributed by atoms with Gasteiger partial charge >= 0.3 is 6.03 Å². The van der Waals surface area contributed by atoms with Crippen molar-refractivity contribution in [2.24, 2.45) is 0 Å². The van der Waals surface area contributed by atoms with Crippen molar-refractivity contribution in [3.8, 4) is 0 Å². The second-order valence-corrected chi connectivity index (χ2v) is 13.6. The molecule has 4 aromatic carbocycles. The van der Waals surface area contributed by atoms with Crippen molar-refractivity contribution in [2.75, 3.05) is 22.0 Å². The highest BCUT2D eigenvalue weighted by Crippen LogP contribution is 2.34. The van der Waals surface area contributed by atoms with Gasteiger partial charge in [0.05, 0.1) is 16.6 Å². The summed E-state index contributed by atoms with van der Waals surface area (Å²) >= 11 is 0. The quantitative estimate of drug-likeness (QED) is 0.137. The number of nitrogens with one attached hydrogen (secondary N) is 4. The molecule has 6 rings (SSSR count). The summed E-state index contributed by atoms with van der Waals surface area (Å²) in [5.41, 5.74) is 4.09. The third kappa shape index (κ3) is 7.52. The van der Waals surface area contributed by atoms with Crippen molar-refractivity contribution >= 4 is 39.3 Å². The Morgan fingerprint density at radius 2 is 1.52 bits per heavy atom. The van der Waals surface area contributed by atoms with E-state index in [4.69, 9.17) is 0 Å². The van der Waals surface area contributed by atoms with E-state index in [1.54, 1.807) is 60.7 Å². The van der Waals surface area contributed by atoms with Gasteiger partial charge in [0.1, 0.15) is 0 Å². The molecule has 1 aliphatic carbocycles. The van der Waals surface area contributed by atoms with E-state index in [2.05, 4.69) is 48.7 Å². The summed E-state index contributed by atoms with van der Waals surface area (Å²) in [4.78, 5) is 26.2. The van der Waals surface area contributed by atoms with Gasteiger partial charge in [0.15, 0.2) is 0 Å². The Morgan fingerprint density at radius 3 is 2.19 bits per heavy atom. The number of rotatable bonds is 10.